The molecule has 0 amide bonds. The Labute approximate surface area is 170 Å². The zero-order valence-corrected chi connectivity index (χ0v) is 17.7. The Kier molecular flexibility index (Phi) is 7.85. The zero-order valence-electron chi connectivity index (χ0n) is 16.8. The second kappa shape index (κ2) is 9.18. The van der Waals surface area contributed by atoms with Crippen molar-refractivity contribution in [1.82, 2.24) is 0 Å². The number of nitrogens with two attached hydrogens (primary N) is 1. The first-order valence-electron chi connectivity index (χ1n) is 8.45. The van der Waals surface area contributed by atoms with Gasteiger partial charge in [0.2, 0.25) is 0 Å². The molecule has 0 spiro atoms. The number of ether oxygens (including phenoxy) is 4. The molecule has 2 aromatic carbocycles. The number of methoxy groups -OCH3 is 4. The fourth-order valence-electron chi connectivity index (χ4n) is 2.37. The summed E-state index contributed by atoms with van der Waals surface area (Å²) in [4.78, 5) is 0. The first kappa shape index (κ1) is 25.6. The molecule has 5 nitrogen and oxygen atoms in total. The summed E-state index contributed by atoms with van der Waals surface area (Å²) < 4.78 is 80.4. The minimum absolute atomic E-state index is 0.802. The fraction of sp³-hybridized carbons (Fsp3) is 0.333. The van der Waals surface area contributed by atoms with Crippen LogP contribution in [-0.2, 0) is 13.1 Å². The van der Waals surface area contributed by atoms with Gasteiger partial charge in [-0.25, -0.2) is 0 Å². The van der Waals surface area contributed by atoms with Crippen molar-refractivity contribution in [3.05, 3.63) is 47.5 Å². The van der Waals surface area contributed by atoms with Gasteiger partial charge < -0.3 is 24.3 Å². The molecule has 0 aromatic heterocycles. The summed E-state index contributed by atoms with van der Waals surface area (Å²) in [5, 5.41) is 2.21. The van der Waals surface area contributed by atoms with Crippen LogP contribution >= 0.6 is 7.81 Å². The number of rotatable bonds is 8. The number of benzene rings is 2. The Morgan fingerprint density at radius 2 is 0.800 bits per heavy atom. The molecule has 172 valence electrons. The summed E-state index contributed by atoms with van der Waals surface area (Å²) in [5.41, 5.74) is 2.30. The van der Waals surface area contributed by atoms with E-state index < -0.39 is 7.81 Å². The Hall–Kier alpha value is -2.39. The van der Waals surface area contributed by atoms with Gasteiger partial charge in [-0.2, -0.15) is 0 Å². The van der Waals surface area contributed by atoms with Crippen molar-refractivity contribution in [3.63, 3.8) is 0 Å². The first-order valence-corrected chi connectivity index (χ1v) is 10.5. The van der Waals surface area contributed by atoms with Crippen LogP contribution in [-0.4, -0.2) is 28.4 Å². The number of quaternary nitrogens is 1. The van der Waals surface area contributed by atoms with E-state index in [0.29, 0.717) is 0 Å². The van der Waals surface area contributed by atoms with Crippen LogP contribution in [0.5, 0.6) is 23.0 Å². The number of hydrogen-bond acceptors (Lipinski definition) is 4. The van der Waals surface area contributed by atoms with Gasteiger partial charge in [-0.1, -0.05) is 0 Å². The van der Waals surface area contributed by atoms with Crippen molar-refractivity contribution in [2.75, 3.05) is 28.4 Å². The third-order valence-corrected chi connectivity index (χ3v) is 3.58. The van der Waals surface area contributed by atoms with Crippen molar-refractivity contribution in [2.45, 2.75) is 13.1 Å². The predicted molar refractivity (Wildman–Crippen MR) is 102 cm³/mol. The molecule has 30 heavy (non-hydrogen) atoms. The standard InChI is InChI=1S/C18H23NO4.F6P/c1-20-15-5-13(6-16(9-15)21-2)11-19-12-14-7-17(22-3)10-18(8-14)23-4;1-7(2,3,4,5)6/h5-10,19H,11-12H2,1-4H3;/q;-1/p+1. The Balaban J connectivity index is 0.000000553. The molecular weight excluding hydrogens is 439 g/mol. The van der Waals surface area contributed by atoms with Gasteiger partial charge >= 0.3 is 33.0 Å². The Morgan fingerprint density at radius 3 is 1.00 bits per heavy atom. The molecule has 0 saturated heterocycles. The Bertz CT molecular complexity index is 735. The predicted octanol–water partition coefficient (Wildman–Crippen LogP) is 5.37. The van der Waals surface area contributed by atoms with Crippen LogP contribution < -0.4 is 24.3 Å². The van der Waals surface area contributed by atoms with Crippen LogP contribution in [0.4, 0.5) is 25.2 Å². The quantitative estimate of drug-likeness (QED) is 0.423. The van der Waals surface area contributed by atoms with Gasteiger partial charge in [-0.05, 0) is 24.3 Å². The summed E-state index contributed by atoms with van der Waals surface area (Å²) in [6.07, 6.45) is 0. The van der Waals surface area contributed by atoms with E-state index in [4.69, 9.17) is 18.9 Å². The molecule has 0 unspecified atom stereocenters. The van der Waals surface area contributed by atoms with E-state index in [1.807, 2.05) is 36.4 Å². The van der Waals surface area contributed by atoms with E-state index in [1.54, 1.807) is 28.4 Å². The molecule has 0 heterocycles. The molecule has 0 saturated carbocycles. The van der Waals surface area contributed by atoms with Gasteiger partial charge in [0.15, 0.2) is 0 Å². The van der Waals surface area contributed by atoms with Crippen LogP contribution in [0.15, 0.2) is 36.4 Å². The van der Waals surface area contributed by atoms with Gasteiger partial charge in [0.25, 0.3) is 0 Å². The summed E-state index contributed by atoms with van der Waals surface area (Å²) in [5.74, 6) is 3.21. The second-order valence-corrected chi connectivity index (χ2v) is 8.01. The molecule has 0 radical (unpaired) electrons. The van der Waals surface area contributed by atoms with E-state index in [9.17, 15) is 25.2 Å². The maximum atomic E-state index is 9.87. The molecule has 0 fully saturated rings. The summed E-state index contributed by atoms with van der Waals surface area (Å²) in [7, 11) is -4.03. The van der Waals surface area contributed by atoms with Crippen molar-refractivity contribution in [2.24, 2.45) is 0 Å². The Morgan fingerprint density at radius 1 is 0.567 bits per heavy atom. The van der Waals surface area contributed by atoms with Crippen LogP contribution in [0.1, 0.15) is 11.1 Å². The van der Waals surface area contributed by atoms with E-state index in [0.717, 1.165) is 47.2 Å². The molecule has 2 aromatic rings. The minimum atomic E-state index is -10.7. The van der Waals surface area contributed by atoms with Crippen LogP contribution in [0.25, 0.3) is 0 Å². The molecule has 0 aliphatic heterocycles. The van der Waals surface area contributed by atoms with E-state index in [1.165, 1.54) is 0 Å². The van der Waals surface area contributed by atoms with Gasteiger partial charge in [-0.3, -0.25) is 0 Å². The normalized spacial score (nSPS) is 13.3. The monoisotopic (exact) mass is 463 g/mol. The third-order valence-electron chi connectivity index (χ3n) is 3.58. The zero-order chi connectivity index (χ0) is 23.1. The second-order valence-electron chi connectivity index (χ2n) is 6.10. The number of hydrogen-bond donors (Lipinski definition) is 1. The van der Waals surface area contributed by atoms with Gasteiger partial charge in [-0.15, -0.1) is 0 Å². The van der Waals surface area contributed by atoms with Gasteiger partial charge in [0.1, 0.15) is 36.1 Å². The fourth-order valence-corrected chi connectivity index (χ4v) is 2.37. The summed E-state index contributed by atoms with van der Waals surface area (Å²) in [6.45, 7) is 1.65. The van der Waals surface area contributed by atoms with Crippen molar-refractivity contribution in [1.29, 1.82) is 0 Å². The molecule has 12 heteroatoms. The molecule has 0 aliphatic rings. The van der Waals surface area contributed by atoms with Crippen molar-refractivity contribution in [3.8, 4) is 23.0 Å². The average molecular weight is 463 g/mol. The molecule has 2 N–H and O–H groups in total. The van der Waals surface area contributed by atoms with Gasteiger partial charge in [0, 0.05) is 23.3 Å². The summed E-state index contributed by atoms with van der Waals surface area (Å²) >= 11 is 0. The molecular formula is C18H24F6NO4P. The van der Waals surface area contributed by atoms with Crippen molar-refractivity contribution >= 4 is 7.81 Å². The molecule has 2 rings (SSSR count). The third kappa shape index (κ3) is 12.2. The van der Waals surface area contributed by atoms with Crippen LogP contribution in [0.3, 0.4) is 0 Å². The SMILES string of the molecule is COc1cc(C[NH2+]Cc2cc(OC)cc(OC)c2)cc(OC)c1.F[P-](F)(F)(F)(F)F. The maximum absolute atomic E-state index is 10.7. The molecule has 0 bridgehead atoms. The van der Waals surface area contributed by atoms with Gasteiger partial charge in [0.05, 0.1) is 28.4 Å². The average Bonchev–Trinajstić information content (AvgIpc) is 2.64. The summed E-state index contributed by atoms with van der Waals surface area (Å²) in [6, 6.07) is 11.8. The van der Waals surface area contributed by atoms with E-state index in [2.05, 4.69) is 5.32 Å². The van der Waals surface area contributed by atoms with Crippen LogP contribution in [0, 0.1) is 0 Å². The van der Waals surface area contributed by atoms with Crippen molar-refractivity contribution < 1.29 is 49.4 Å². The van der Waals surface area contributed by atoms with Crippen LogP contribution in [0.2, 0.25) is 0 Å². The molecule has 0 atom stereocenters. The van der Waals surface area contributed by atoms with E-state index in [-0.39, 0.29) is 0 Å². The van der Waals surface area contributed by atoms with E-state index >= 15 is 0 Å². The topological polar surface area (TPSA) is 53.5 Å². The first-order chi connectivity index (χ1) is 13.6. The molecule has 0 aliphatic carbocycles. The number of halogens is 6.